The van der Waals surface area contributed by atoms with Crippen molar-refractivity contribution in [2.75, 3.05) is 38.2 Å². The number of carbonyl (C=O) groups is 1. The van der Waals surface area contributed by atoms with Crippen molar-refractivity contribution >= 4 is 17.3 Å². The normalized spacial score (nSPS) is 23.5. The lowest BCUT2D eigenvalue weighted by atomic mass is 9.85. The summed E-state index contributed by atoms with van der Waals surface area (Å²) in [6, 6.07) is 12.3. The largest absolute Gasteiger partial charge is 0.497 e. The molecule has 2 aliphatic heterocycles. The van der Waals surface area contributed by atoms with Crippen LogP contribution in [0.1, 0.15) is 24.0 Å². The number of fused-ring (bicyclic) bond motifs is 1. The summed E-state index contributed by atoms with van der Waals surface area (Å²) in [7, 11) is 1.67. The van der Waals surface area contributed by atoms with Gasteiger partial charge in [-0.1, -0.05) is 30.3 Å². The third-order valence-electron chi connectivity index (χ3n) is 6.52. The molecular formula is C23H25N3O2. The van der Waals surface area contributed by atoms with Crippen molar-refractivity contribution in [3.63, 3.8) is 0 Å². The Morgan fingerprint density at radius 2 is 2.04 bits per heavy atom. The fraction of sp³-hybridized carbons (Fsp3) is 0.391. The van der Waals surface area contributed by atoms with Gasteiger partial charge in [0.25, 0.3) is 0 Å². The Labute approximate surface area is 165 Å². The molecule has 1 aromatic carbocycles. The molecule has 2 aromatic rings. The van der Waals surface area contributed by atoms with Crippen LogP contribution in [0.5, 0.6) is 5.75 Å². The SMILES string of the molecule is COc1ccnc(N2CCC3(CCN(CC4=CCc5ccccc54)C3=O)C2)c1. The molecule has 1 unspecified atom stereocenters. The van der Waals surface area contributed by atoms with Gasteiger partial charge in [0.1, 0.15) is 11.6 Å². The second kappa shape index (κ2) is 6.66. The molecule has 5 heteroatoms. The maximum absolute atomic E-state index is 13.4. The molecule has 1 atom stereocenters. The molecule has 3 heterocycles. The highest BCUT2D eigenvalue weighted by Gasteiger charge is 2.51. The summed E-state index contributed by atoms with van der Waals surface area (Å²) in [6.07, 6.45) is 6.86. The van der Waals surface area contributed by atoms with Gasteiger partial charge in [-0.3, -0.25) is 4.79 Å². The lowest BCUT2D eigenvalue weighted by molar-refractivity contribution is -0.134. The van der Waals surface area contributed by atoms with Crippen LogP contribution in [-0.2, 0) is 11.2 Å². The Morgan fingerprint density at radius 3 is 2.93 bits per heavy atom. The van der Waals surface area contributed by atoms with Crippen LogP contribution in [0, 0.1) is 5.41 Å². The Morgan fingerprint density at radius 1 is 1.18 bits per heavy atom. The standard InChI is InChI=1S/C23H25N3O2/c1-28-19-8-11-24-21(14-19)26-13-10-23(16-26)9-12-25(22(23)27)15-18-7-6-17-4-2-3-5-20(17)18/h2-5,7-8,11,14H,6,9-10,12-13,15-16H2,1H3. The molecule has 2 saturated heterocycles. The second-order valence-corrected chi connectivity index (χ2v) is 8.07. The molecule has 0 radical (unpaired) electrons. The van der Waals surface area contributed by atoms with Gasteiger partial charge in [0, 0.05) is 38.4 Å². The number of aromatic nitrogens is 1. The molecule has 1 spiro atoms. The van der Waals surface area contributed by atoms with E-state index in [4.69, 9.17) is 4.74 Å². The van der Waals surface area contributed by atoms with Gasteiger partial charge < -0.3 is 14.5 Å². The van der Waals surface area contributed by atoms with E-state index in [1.807, 2.05) is 12.1 Å². The molecule has 5 nitrogen and oxygen atoms in total. The van der Waals surface area contributed by atoms with Crippen LogP contribution in [0.3, 0.4) is 0 Å². The van der Waals surface area contributed by atoms with Gasteiger partial charge in [-0.15, -0.1) is 0 Å². The molecular weight excluding hydrogens is 350 g/mol. The number of hydrogen-bond donors (Lipinski definition) is 0. The smallest absolute Gasteiger partial charge is 0.231 e. The van der Waals surface area contributed by atoms with E-state index >= 15 is 0 Å². The van der Waals surface area contributed by atoms with Crippen molar-refractivity contribution in [2.45, 2.75) is 19.3 Å². The minimum absolute atomic E-state index is 0.260. The number of ether oxygens (including phenoxy) is 1. The first-order valence-electron chi connectivity index (χ1n) is 10.0. The lowest BCUT2D eigenvalue weighted by Gasteiger charge is -2.24. The van der Waals surface area contributed by atoms with E-state index in [1.165, 1.54) is 16.7 Å². The summed E-state index contributed by atoms with van der Waals surface area (Å²) in [4.78, 5) is 22.1. The van der Waals surface area contributed by atoms with Gasteiger partial charge in [0.15, 0.2) is 0 Å². The third-order valence-corrected chi connectivity index (χ3v) is 6.52. The number of amides is 1. The molecule has 3 aliphatic rings. The monoisotopic (exact) mass is 375 g/mol. The Hall–Kier alpha value is -2.82. The minimum atomic E-state index is -0.260. The summed E-state index contributed by atoms with van der Waals surface area (Å²) in [5, 5.41) is 0. The Balaban J connectivity index is 1.30. The number of nitrogens with zero attached hydrogens (tertiary/aromatic N) is 3. The summed E-state index contributed by atoms with van der Waals surface area (Å²) in [6.45, 7) is 3.19. The fourth-order valence-corrected chi connectivity index (χ4v) is 4.90. The Kier molecular flexibility index (Phi) is 4.11. The fourth-order valence-electron chi connectivity index (χ4n) is 4.90. The van der Waals surface area contributed by atoms with E-state index in [2.05, 4.69) is 45.1 Å². The van der Waals surface area contributed by atoms with Crippen LogP contribution >= 0.6 is 0 Å². The Bertz CT molecular complexity index is 954. The van der Waals surface area contributed by atoms with Gasteiger partial charge in [0.05, 0.1) is 12.5 Å². The predicted molar refractivity (Wildman–Crippen MR) is 109 cm³/mol. The molecule has 1 amide bonds. The minimum Gasteiger partial charge on any atom is -0.497 e. The highest BCUT2D eigenvalue weighted by Crippen LogP contribution is 2.43. The average Bonchev–Trinajstić information content (AvgIpc) is 3.43. The number of carbonyl (C=O) groups excluding carboxylic acids is 1. The van der Waals surface area contributed by atoms with E-state index < -0.39 is 0 Å². The predicted octanol–water partition coefficient (Wildman–Crippen LogP) is 3.16. The lowest BCUT2D eigenvalue weighted by Crippen LogP contribution is -2.37. The van der Waals surface area contributed by atoms with E-state index in [1.54, 1.807) is 13.3 Å². The van der Waals surface area contributed by atoms with E-state index in [-0.39, 0.29) is 5.41 Å². The zero-order valence-corrected chi connectivity index (χ0v) is 16.2. The van der Waals surface area contributed by atoms with Crippen molar-refractivity contribution in [1.29, 1.82) is 0 Å². The van der Waals surface area contributed by atoms with Gasteiger partial charge in [-0.05, 0) is 42.0 Å². The number of pyridine rings is 1. The van der Waals surface area contributed by atoms with Gasteiger partial charge >= 0.3 is 0 Å². The molecule has 28 heavy (non-hydrogen) atoms. The van der Waals surface area contributed by atoms with E-state index in [0.29, 0.717) is 5.91 Å². The zero-order valence-electron chi connectivity index (χ0n) is 16.2. The maximum Gasteiger partial charge on any atom is 0.231 e. The van der Waals surface area contributed by atoms with E-state index in [9.17, 15) is 4.79 Å². The average molecular weight is 375 g/mol. The molecule has 2 fully saturated rings. The molecule has 0 N–H and O–H groups in total. The van der Waals surface area contributed by atoms with Crippen molar-refractivity contribution in [3.05, 3.63) is 59.8 Å². The number of anilines is 1. The number of rotatable bonds is 4. The van der Waals surface area contributed by atoms with Crippen molar-refractivity contribution in [3.8, 4) is 5.75 Å². The maximum atomic E-state index is 13.4. The summed E-state index contributed by atoms with van der Waals surface area (Å²) in [5.74, 6) is 2.01. The van der Waals surface area contributed by atoms with Crippen molar-refractivity contribution in [2.24, 2.45) is 5.41 Å². The molecule has 0 bridgehead atoms. The van der Waals surface area contributed by atoms with Gasteiger partial charge in [-0.2, -0.15) is 0 Å². The first-order valence-corrected chi connectivity index (χ1v) is 10.0. The molecule has 1 aliphatic carbocycles. The van der Waals surface area contributed by atoms with Crippen LogP contribution in [0.25, 0.3) is 5.57 Å². The quantitative estimate of drug-likeness (QED) is 0.824. The topological polar surface area (TPSA) is 45.7 Å². The number of likely N-dealkylation sites (tertiary alicyclic amines) is 1. The van der Waals surface area contributed by atoms with Gasteiger partial charge in [0.2, 0.25) is 5.91 Å². The number of methoxy groups -OCH3 is 1. The van der Waals surface area contributed by atoms with Crippen molar-refractivity contribution < 1.29 is 9.53 Å². The van der Waals surface area contributed by atoms with Crippen LogP contribution < -0.4 is 9.64 Å². The molecule has 0 saturated carbocycles. The highest BCUT2D eigenvalue weighted by molar-refractivity contribution is 5.88. The first kappa shape index (κ1) is 17.3. The molecule has 144 valence electrons. The molecule has 1 aromatic heterocycles. The number of allylic oxidation sites excluding steroid dienone is 1. The summed E-state index contributed by atoms with van der Waals surface area (Å²) in [5.41, 5.74) is 3.72. The third kappa shape index (κ3) is 2.77. The van der Waals surface area contributed by atoms with Crippen LogP contribution in [0.15, 0.2) is 48.7 Å². The summed E-state index contributed by atoms with van der Waals surface area (Å²) < 4.78 is 5.32. The summed E-state index contributed by atoms with van der Waals surface area (Å²) >= 11 is 0. The number of hydrogen-bond acceptors (Lipinski definition) is 4. The zero-order chi connectivity index (χ0) is 19.1. The molecule has 5 rings (SSSR count). The van der Waals surface area contributed by atoms with Crippen molar-refractivity contribution in [1.82, 2.24) is 9.88 Å². The van der Waals surface area contributed by atoms with Crippen LogP contribution in [0.2, 0.25) is 0 Å². The second-order valence-electron chi connectivity index (χ2n) is 8.07. The van der Waals surface area contributed by atoms with E-state index in [0.717, 1.165) is 57.0 Å². The highest BCUT2D eigenvalue weighted by atomic mass is 16.5. The van der Waals surface area contributed by atoms with Gasteiger partial charge in [-0.25, -0.2) is 4.98 Å². The van der Waals surface area contributed by atoms with Crippen LogP contribution in [0.4, 0.5) is 5.82 Å². The first-order chi connectivity index (χ1) is 13.7. The van der Waals surface area contributed by atoms with Crippen LogP contribution in [-0.4, -0.2) is 49.1 Å². The number of benzene rings is 1.